The quantitative estimate of drug-likeness (QED) is 0.434. The fourth-order valence-corrected chi connectivity index (χ4v) is 4.55. The van der Waals surface area contributed by atoms with Crippen molar-refractivity contribution in [3.63, 3.8) is 0 Å². The van der Waals surface area contributed by atoms with Crippen molar-refractivity contribution in [3.05, 3.63) is 59.7 Å². The van der Waals surface area contributed by atoms with E-state index in [4.69, 9.17) is 9.47 Å². The van der Waals surface area contributed by atoms with Crippen LogP contribution in [0.2, 0.25) is 0 Å². The van der Waals surface area contributed by atoms with Crippen LogP contribution in [-0.2, 0) is 32.3 Å². The van der Waals surface area contributed by atoms with Gasteiger partial charge in [0.15, 0.2) is 0 Å². The Balaban J connectivity index is 1.58. The fraction of sp³-hybridized carbons (Fsp3) is 0.481. The Morgan fingerprint density at radius 3 is 1.67 bits per heavy atom. The molecule has 1 saturated carbocycles. The molecule has 0 spiro atoms. The van der Waals surface area contributed by atoms with Gasteiger partial charge >= 0.3 is 0 Å². The van der Waals surface area contributed by atoms with E-state index in [0.717, 1.165) is 48.2 Å². The lowest BCUT2D eigenvalue weighted by Gasteiger charge is -2.28. The van der Waals surface area contributed by atoms with Gasteiger partial charge in [0.05, 0.1) is 13.2 Å². The molecule has 0 atom stereocenters. The van der Waals surface area contributed by atoms with Crippen LogP contribution < -0.4 is 10.6 Å². The molecule has 0 aromatic heterocycles. The van der Waals surface area contributed by atoms with E-state index in [1.54, 1.807) is 0 Å². The maximum Gasteiger partial charge on any atom is 0.224 e. The number of benzene rings is 2. The largest absolute Gasteiger partial charge is 0.377 e. The van der Waals surface area contributed by atoms with E-state index in [2.05, 4.69) is 10.6 Å². The Morgan fingerprint density at radius 1 is 0.788 bits per heavy atom. The minimum atomic E-state index is -0.292. The number of anilines is 2. The molecule has 0 saturated heterocycles. The van der Waals surface area contributed by atoms with Gasteiger partial charge in [-0.2, -0.15) is 0 Å². The van der Waals surface area contributed by atoms with Crippen molar-refractivity contribution in [2.45, 2.75) is 65.6 Å². The van der Waals surface area contributed by atoms with E-state index in [1.807, 2.05) is 62.4 Å². The Hall–Kier alpha value is -2.70. The van der Waals surface area contributed by atoms with Crippen molar-refractivity contribution >= 4 is 23.2 Å². The van der Waals surface area contributed by atoms with Gasteiger partial charge in [0.2, 0.25) is 11.8 Å². The van der Waals surface area contributed by atoms with Crippen molar-refractivity contribution < 1.29 is 19.1 Å². The first kappa shape index (κ1) is 24.9. The molecule has 2 N–H and O–H groups in total. The molecule has 0 bridgehead atoms. The molecule has 6 nitrogen and oxygen atoms in total. The highest BCUT2D eigenvalue weighted by atomic mass is 16.5. The second-order valence-electron chi connectivity index (χ2n) is 8.83. The number of carbonyl (C=O) groups is 2. The van der Waals surface area contributed by atoms with Crippen molar-refractivity contribution in [1.82, 2.24) is 0 Å². The zero-order valence-electron chi connectivity index (χ0n) is 19.8. The second-order valence-corrected chi connectivity index (χ2v) is 8.83. The number of hydrogen-bond donors (Lipinski definition) is 2. The predicted octanol–water partition coefficient (Wildman–Crippen LogP) is 5.68. The number of carbonyl (C=O) groups excluding carboxylic acids is 2. The average molecular weight is 453 g/mol. The highest BCUT2D eigenvalue weighted by Gasteiger charge is 2.38. The number of ether oxygens (including phenoxy) is 2. The molecule has 0 radical (unpaired) electrons. The van der Waals surface area contributed by atoms with E-state index in [0.29, 0.717) is 39.3 Å². The maximum absolute atomic E-state index is 12.9. The summed E-state index contributed by atoms with van der Waals surface area (Å²) in [5.74, 6) is -0.0889. The summed E-state index contributed by atoms with van der Waals surface area (Å²) in [7, 11) is 0. The molecule has 2 aromatic carbocycles. The SMILES string of the molecule is CCOCc1cccc(NC(=O)CC2(CC(=O)Nc3cccc(COCC)c3)CCCC2)c1. The first-order chi connectivity index (χ1) is 16.0. The Labute approximate surface area is 197 Å². The zero-order valence-corrected chi connectivity index (χ0v) is 19.8. The monoisotopic (exact) mass is 452 g/mol. The Bertz CT molecular complexity index is 852. The van der Waals surface area contributed by atoms with Crippen molar-refractivity contribution in [2.75, 3.05) is 23.8 Å². The summed E-state index contributed by atoms with van der Waals surface area (Å²) >= 11 is 0. The van der Waals surface area contributed by atoms with Gasteiger partial charge in [-0.1, -0.05) is 37.1 Å². The van der Waals surface area contributed by atoms with E-state index in [9.17, 15) is 9.59 Å². The summed E-state index contributed by atoms with van der Waals surface area (Å²) < 4.78 is 10.9. The van der Waals surface area contributed by atoms with Gasteiger partial charge in [0.1, 0.15) is 0 Å². The Morgan fingerprint density at radius 2 is 1.24 bits per heavy atom. The molecule has 0 aliphatic heterocycles. The maximum atomic E-state index is 12.9. The lowest BCUT2D eigenvalue weighted by molar-refractivity contribution is -0.121. The van der Waals surface area contributed by atoms with E-state index >= 15 is 0 Å². The molecule has 6 heteroatoms. The third-order valence-electron chi connectivity index (χ3n) is 6.10. The number of rotatable bonds is 12. The molecular weight excluding hydrogens is 416 g/mol. The summed E-state index contributed by atoms with van der Waals surface area (Å²) in [5, 5.41) is 6.04. The van der Waals surface area contributed by atoms with E-state index in [-0.39, 0.29) is 17.2 Å². The third kappa shape index (κ3) is 7.98. The molecule has 2 amide bonds. The second kappa shape index (κ2) is 12.5. The van der Waals surface area contributed by atoms with Crippen LogP contribution in [-0.4, -0.2) is 25.0 Å². The smallest absolute Gasteiger partial charge is 0.224 e. The van der Waals surface area contributed by atoms with Crippen LogP contribution in [0.1, 0.15) is 63.5 Å². The van der Waals surface area contributed by atoms with Gasteiger partial charge < -0.3 is 20.1 Å². The summed E-state index contributed by atoms with van der Waals surface area (Å²) in [6.45, 7) is 6.27. The van der Waals surface area contributed by atoms with Crippen molar-refractivity contribution in [1.29, 1.82) is 0 Å². The van der Waals surface area contributed by atoms with Crippen LogP contribution in [0.4, 0.5) is 11.4 Å². The minimum absolute atomic E-state index is 0.0445. The number of nitrogens with one attached hydrogen (secondary N) is 2. The van der Waals surface area contributed by atoms with Crippen LogP contribution >= 0.6 is 0 Å². The summed E-state index contributed by atoms with van der Waals surface area (Å²) in [5.41, 5.74) is 3.29. The van der Waals surface area contributed by atoms with Gasteiger partial charge in [-0.3, -0.25) is 9.59 Å². The first-order valence-corrected chi connectivity index (χ1v) is 11.9. The first-order valence-electron chi connectivity index (χ1n) is 11.9. The highest BCUT2D eigenvalue weighted by molar-refractivity contribution is 5.94. The van der Waals surface area contributed by atoms with Crippen LogP contribution in [0, 0.1) is 5.41 Å². The highest BCUT2D eigenvalue weighted by Crippen LogP contribution is 2.44. The van der Waals surface area contributed by atoms with Gasteiger partial charge in [-0.15, -0.1) is 0 Å². The summed E-state index contributed by atoms with van der Waals surface area (Å²) in [6, 6.07) is 15.5. The van der Waals surface area contributed by atoms with Gasteiger partial charge in [-0.05, 0) is 67.5 Å². The van der Waals surface area contributed by atoms with Gasteiger partial charge in [-0.25, -0.2) is 0 Å². The fourth-order valence-electron chi connectivity index (χ4n) is 4.55. The average Bonchev–Trinajstić information content (AvgIpc) is 3.24. The van der Waals surface area contributed by atoms with Gasteiger partial charge in [0.25, 0.3) is 0 Å². The third-order valence-corrected chi connectivity index (χ3v) is 6.10. The number of amides is 2. The zero-order chi connectivity index (χ0) is 23.5. The van der Waals surface area contributed by atoms with Crippen molar-refractivity contribution in [3.8, 4) is 0 Å². The standard InChI is InChI=1S/C27H36N2O4/c1-3-32-19-21-9-7-11-23(15-21)28-25(30)17-27(13-5-6-14-27)18-26(31)29-24-12-8-10-22(16-24)20-33-4-2/h7-12,15-16H,3-6,13-14,17-20H2,1-2H3,(H,28,30)(H,29,31). The molecular formula is C27H36N2O4. The molecule has 1 fully saturated rings. The molecule has 178 valence electrons. The minimum Gasteiger partial charge on any atom is -0.377 e. The molecule has 0 unspecified atom stereocenters. The normalized spacial score (nSPS) is 14.7. The molecule has 0 heterocycles. The lowest BCUT2D eigenvalue weighted by Crippen LogP contribution is -2.30. The van der Waals surface area contributed by atoms with Crippen molar-refractivity contribution in [2.24, 2.45) is 5.41 Å². The molecule has 3 rings (SSSR count). The molecule has 1 aliphatic rings. The van der Waals surface area contributed by atoms with Crippen LogP contribution in [0.15, 0.2) is 48.5 Å². The summed E-state index contributed by atoms with van der Waals surface area (Å²) in [6.07, 6.45) is 4.58. The van der Waals surface area contributed by atoms with Crippen LogP contribution in [0.3, 0.4) is 0 Å². The Kier molecular flexibility index (Phi) is 9.46. The predicted molar refractivity (Wildman–Crippen MR) is 131 cm³/mol. The van der Waals surface area contributed by atoms with Crippen LogP contribution in [0.5, 0.6) is 0 Å². The van der Waals surface area contributed by atoms with Gasteiger partial charge in [0, 0.05) is 37.4 Å². The molecule has 1 aliphatic carbocycles. The molecule has 33 heavy (non-hydrogen) atoms. The van der Waals surface area contributed by atoms with E-state index in [1.165, 1.54) is 0 Å². The lowest BCUT2D eigenvalue weighted by atomic mass is 9.79. The molecule has 2 aromatic rings. The van der Waals surface area contributed by atoms with Crippen LogP contribution in [0.25, 0.3) is 0 Å². The number of hydrogen-bond acceptors (Lipinski definition) is 4. The topological polar surface area (TPSA) is 76.7 Å². The van der Waals surface area contributed by atoms with E-state index < -0.39 is 0 Å². The summed E-state index contributed by atoms with van der Waals surface area (Å²) in [4.78, 5) is 25.8.